The molecule has 0 aliphatic heterocycles. The van der Waals surface area contributed by atoms with Crippen molar-refractivity contribution in [3.8, 4) is 11.3 Å². The fraction of sp³-hybridized carbons (Fsp3) is 0.227. The molecule has 0 aliphatic carbocycles. The van der Waals surface area contributed by atoms with Gasteiger partial charge < -0.3 is 10.1 Å². The summed E-state index contributed by atoms with van der Waals surface area (Å²) in [5.74, 6) is -0.945. The van der Waals surface area contributed by atoms with Gasteiger partial charge >= 0.3 is 5.97 Å². The van der Waals surface area contributed by atoms with Gasteiger partial charge in [0.05, 0.1) is 5.69 Å². The van der Waals surface area contributed by atoms with Crippen LogP contribution in [0.4, 0.5) is 0 Å². The maximum absolute atomic E-state index is 12.3. The second-order valence-corrected chi connectivity index (χ2v) is 6.61. The minimum Gasteiger partial charge on any atom is -0.448 e. The number of aromatic nitrogens is 2. The fourth-order valence-electron chi connectivity index (χ4n) is 2.69. The molecule has 144 valence electrons. The Morgan fingerprint density at radius 3 is 2.54 bits per heavy atom. The van der Waals surface area contributed by atoms with E-state index in [0.29, 0.717) is 18.7 Å². The summed E-state index contributed by atoms with van der Waals surface area (Å²) in [6, 6.07) is 19.3. The van der Waals surface area contributed by atoms with Crippen molar-refractivity contribution in [2.45, 2.75) is 26.4 Å². The third-order valence-corrected chi connectivity index (χ3v) is 4.35. The van der Waals surface area contributed by atoms with Gasteiger partial charge in [0, 0.05) is 12.1 Å². The maximum atomic E-state index is 12.3. The number of aromatic amines is 1. The molecule has 0 bridgehead atoms. The zero-order chi connectivity index (χ0) is 19.9. The van der Waals surface area contributed by atoms with E-state index < -0.39 is 12.1 Å². The molecular weight excluding hydrogens is 354 g/mol. The standard InChI is InChI=1S/C22H23N3O3/c1-15-8-10-18(11-9-15)19-14-20(25-24-19)22(27)28-16(2)21(26)23-13-12-17-6-4-3-5-7-17/h3-11,14,16H,12-13H2,1-2H3,(H,23,26)(H,24,25). The number of aryl methyl sites for hydroxylation is 1. The third kappa shape index (κ3) is 5.07. The average molecular weight is 377 g/mol. The number of ether oxygens (including phenoxy) is 1. The van der Waals surface area contributed by atoms with Crippen molar-refractivity contribution >= 4 is 11.9 Å². The molecule has 0 spiro atoms. The van der Waals surface area contributed by atoms with E-state index in [0.717, 1.165) is 16.7 Å². The van der Waals surface area contributed by atoms with Gasteiger partial charge in [0.15, 0.2) is 6.10 Å². The Bertz CT molecular complexity index is 933. The number of amides is 1. The van der Waals surface area contributed by atoms with Crippen molar-refractivity contribution in [1.29, 1.82) is 0 Å². The van der Waals surface area contributed by atoms with Gasteiger partial charge in [0.25, 0.3) is 5.91 Å². The second kappa shape index (κ2) is 8.99. The first-order valence-corrected chi connectivity index (χ1v) is 9.18. The van der Waals surface area contributed by atoms with Crippen LogP contribution in [0.1, 0.15) is 28.5 Å². The molecule has 1 heterocycles. The number of hydrogen-bond donors (Lipinski definition) is 2. The quantitative estimate of drug-likeness (QED) is 0.619. The van der Waals surface area contributed by atoms with Gasteiger partial charge in [0.2, 0.25) is 0 Å². The summed E-state index contributed by atoms with van der Waals surface area (Å²) in [7, 11) is 0. The average Bonchev–Trinajstić information content (AvgIpc) is 3.19. The molecule has 6 heteroatoms. The van der Waals surface area contributed by atoms with Gasteiger partial charge in [-0.2, -0.15) is 5.10 Å². The van der Waals surface area contributed by atoms with Gasteiger partial charge in [-0.05, 0) is 31.9 Å². The van der Waals surface area contributed by atoms with Crippen LogP contribution >= 0.6 is 0 Å². The largest absolute Gasteiger partial charge is 0.448 e. The van der Waals surface area contributed by atoms with E-state index in [4.69, 9.17) is 4.74 Å². The maximum Gasteiger partial charge on any atom is 0.357 e. The third-order valence-electron chi connectivity index (χ3n) is 4.35. The summed E-state index contributed by atoms with van der Waals surface area (Å²) in [5.41, 5.74) is 4.03. The van der Waals surface area contributed by atoms with Crippen LogP contribution in [-0.4, -0.2) is 34.7 Å². The van der Waals surface area contributed by atoms with Crippen LogP contribution in [-0.2, 0) is 16.0 Å². The molecule has 0 radical (unpaired) electrons. The molecular formula is C22H23N3O3. The van der Waals surface area contributed by atoms with E-state index in [2.05, 4.69) is 15.5 Å². The summed E-state index contributed by atoms with van der Waals surface area (Å²) >= 11 is 0. The lowest BCUT2D eigenvalue weighted by molar-refractivity contribution is -0.129. The van der Waals surface area contributed by atoms with Crippen LogP contribution in [0.25, 0.3) is 11.3 Å². The van der Waals surface area contributed by atoms with Gasteiger partial charge in [-0.15, -0.1) is 0 Å². The van der Waals surface area contributed by atoms with E-state index in [1.807, 2.05) is 61.5 Å². The number of benzene rings is 2. The van der Waals surface area contributed by atoms with E-state index in [9.17, 15) is 9.59 Å². The number of rotatable bonds is 7. The lowest BCUT2D eigenvalue weighted by atomic mass is 10.1. The summed E-state index contributed by atoms with van der Waals surface area (Å²) in [4.78, 5) is 24.4. The Kier molecular flexibility index (Phi) is 6.22. The SMILES string of the molecule is Cc1ccc(-c2cc(C(=O)OC(C)C(=O)NCCc3ccccc3)[nH]n2)cc1. The molecule has 2 aromatic carbocycles. The van der Waals surface area contributed by atoms with Crippen molar-refractivity contribution in [3.05, 3.63) is 77.5 Å². The zero-order valence-electron chi connectivity index (χ0n) is 15.9. The highest BCUT2D eigenvalue weighted by Gasteiger charge is 2.20. The predicted molar refractivity (Wildman–Crippen MR) is 107 cm³/mol. The normalized spacial score (nSPS) is 11.6. The molecule has 1 aromatic heterocycles. The van der Waals surface area contributed by atoms with Crippen LogP contribution in [0.2, 0.25) is 0 Å². The van der Waals surface area contributed by atoms with Crippen molar-refractivity contribution in [3.63, 3.8) is 0 Å². The predicted octanol–water partition coefficient (Wildman–Crippen LogP) is 3.29. The number of nitrogens with zero attached hydrogens (tertiary/aromatic N) is 1. The topological polar surface area (TPSA) is 84.1 Å². The summed E-state index contributed by atoms with van der Waals surface area (Å²) < 4.78 is 5.25. The highest BCUT2D eigenvalue weighted by molar-refractivity contribution is 5.91. The first-order chi connectivity index (χ1) is 13.5. The number of esters is 1. The molecule has 6 nitrogen and oxygen atoms in total. The van der Waals surface area contributed by atoms with Gasteiger partial charge in [0.1, 0.15) is 5.69 Å². The molecule has 0 saturated carbocycles. The van der Waals surface area contributed by atoms with Crippen LogP contribution in [0.5, 0.6) is 0 Å². The van der Waals surface area contributed by atoms with Gasteiger partial charge in [-0.1, -0.05) is 60.2 Å². The highest BCUT2D eigenvalue weighted by Crippen LogP contribution is 2.18. The monoisotopic (exact) mass is 377 g/mol. The Hall–Kier alpha value is -3.41. The molecule has 1 unspecified atom stereocenters. The van der Waals surface area contributed by atoms with E-state index >= 15 is 0 Å². The number of carbonyl (C=O) groups excluding carboxylic acids is 2. The molecule has 0 fully saturated rings. The van der Waals surface area contributed by atoms with Crippen molar-refractivity contribution in [2.75, 3.05) is 6.54 Å². The van der Waals surface area contributed by atoms with Crippen molar-refractivity contribution in [1.82, 2.24) is 15.5 Å². The van der Waals surface area contributed by atoms with E-state index in [-0.39, 0.29) is 11.6 Å². The molecule has 1 amide bonds. The smallest absolute Gasteiger partial charge is 0.357 e. The molecule has 3 aromatic rings. The molecule has 0 aliphatic rings. The Labute approximate surface area is 163 Å². The lowest BCUT2D eigenvalue weighted by Gasteiger charge is -2.12. The van der Waals surface area contributed by atoms with Crippen LogP contribution in [0, 0.1) is 6.92 Å². The number of carbonyl (C=O) groups is 2. The van der Waals surface area contributed by atoms with Crippen molar-refractivity contribution < 1.29 is 14.3 Å². The van der Waals surface area contributed by atoms with E-state index in [1.165, 1.54) is 0 Å². The molecule has 0 saturated heterocycles. The number of nitrogens with one attached hydrogen (secondary N) is 2. The first kappa shape index (κ1) is 19.4. The van der Waals surface area contributed by atoms with Gasteiger partial charge in [-0.25, -0.2) is 4.79 Å². The minimum absolute atomic E-state index is 0.208. The van der Waals surface area contributed by atoms with Crippen molar-refractivity contribution in [2.24, 2.45) is 0 Å². The van der Waals surface area contributed by atoms with Crippen LogP contribution in [0.3, 0.4) is 0 Å². The fourth-order valence-corrected chi connectivity index (χ4v) is 2.69. The number of hydrogen-bond acceptors (Lipinski definition) is 4. The Balaban J connectivity index is 1.51. The summed E-state index contributed by atoms with van der Waals surface area (Å²) in [5, 5.41) is 9.60. The van der Waals surface area contributed by atoms with Crippen LogP contribution in [0.15, 0.2) is 60.7 Å². The number of H-pyrrole nitrogens is 1. The highest BCUT2D eigenvalue weighted by atomic mass is 16.5. The summed E-state index contributed by atoms with van der Waals surface area (Å²) in [6.07, 6.45) is -0.178. The van der Waals surface area contributed by atoms with Gasteiger partial charge in [-0.3, -0.25) is 9.89 Å². The molecule has 2 N–H and O–H groups in total. The first-order valence-electron chi connectivity index (χ1n) is 9.18. The zero-order valence-corrected chi connectivity index (χ0v) is 15.9. The molecule has 28 heavy (non-hydrogen) atoms. The lowest BCUT2D eigenvalue weighted by Crippen LogP contribution is -2.37. The second-order valence-electron chi connectivity index (χ2n) is 6.61. The van der Waals surface area contributed by atoms with Crippen LogP contribution < -0.4 is 5.32 Å². The Morgan fingerprint density at radius 2 is 1.82 bits per heavy atom. The minimum atomic E-state index is -0.894. The molecule has 1 atom stereocenters. The molecule has 3 rings (SSSR count). The Morgan fingerprint density at radius 1 is 1.11 bits per heavy atom. The summed E-state index contributed by atoms with van der Waals surface area (Å²) in [6.45, 7) is 4.03. The van der Waals surface area contributed by atoms with E-state index in [1.54, 1.807) is 13.0 Å².